The maximum absolute atomic E-state index is 9.47. The molecule has 0 heterocycles. The number of rotatable bonds is 6. The third kappa shape index (κ3) is 3.81. The lowest BCUT2D eigenvalue weighted by molar-refractivity contribution is 0.403. The van der Waals surface area contributed by atoms with Gasteiger partial charge in [-0.2, -0.15) is 0 Å². The van der Waals surface area contributed by atoms with Gasteiger partial charge in [-0.25, -0.2) is 0 Å². The van der Waals surface area contributed by atoms with Crippen molar-refractivity contribution >= 4 is 11.4 Å². The van der Waals surface area contributed by atoms with Gasteiger partial charge in [0, 0.05) is 31.0 Å². The molecule has 0 aliphatic carbocycles. The molecular weight excluding hydrogens is 264 g/mol. The summed E-state index contributed by atoms with van der Waals surface area (Å²) < 4.78 is 0. The van der Waals surface area contributed by atoms with E-state index in [-0.39, 0.29) is 11.5 Å². The third-order valence-electron chi connectivity index (χ3n) is 3.53. The van der Waals surface area contributed by atoms with E-state index < -0.39 is 0 Å². The van der Waals surface area contributed by atoms with Crippen LogP contribution in [-0.4, -0.2) is 23.3 Å². The maximum atomic E-state index is 9.47. The molecule has 0 aliphatic heterocycles. The molecule has 0 unspecified atom stereocenters. The SMILES string of the molecule is CCN(CC)c1ccc(NCc2ccc(O)c(O)c2)cc1. The predicted molar refractivity (Wildman–Crippen MR) is 87.1 cm³/mol. The molecule has 4 nitrogen and oxygen atoms in total. The van der Waals surface area contributed by atoms with Crippen LogP contribution in [0.25, 0.3) is 0 Å². The molecule has 3 N–H and O–H groups in total. The maximum Gasteiger partial charge on any atom is 0.157 e. The van der Waals surface area contributed by atoms with Crippen LogP contribution in [0.4, 0.5) is 11.4 Å². The lowest BCUT2D eigenvalue weighted by atomic mass is 10.2. The smallest absolute Gasteiger partial charge is 0.157 e. The average Bonchev–Trinajstić information content (AvgIpc) is 2.51. The summed E-state index contributed by atoms with van der Waals surface area (Å²) in [4.78, 5) is 2.29. The van der Waals surface area contributed by atoms with Gasteiger partial charge >= 0.3 is 0 Å². The minimum absolute atomic E-state index is 0.0915. The second kappa shape index (κ2) is 6.88. The Morgan fingerprint density at radius 3 is 2.14 bits per heavy atom. The quantitative estimate of drug-likeness (QED) is 0.711. The highest BCUT2D eigenvalue weighted by molar-refractivity contribution is 5.55. The van der Waals surface area contributed by atoms with Crippen molar-refractivity contribution < 1.29 is 10.2 Å². The molecular formula is C17H22N2O2. The van der Waals surface area contributed by atoms with E-state index in [4.69, 9.17) is 0 Å². The Morgan fingerprint density at radius 2 is 1.57 bits per heavy atom. The number of anilines is 2. The van der Waals surface area contributed by atoms with E-state index in [0.29, 0.717) is 6.54 Å². The van der Waals surface area contributed by atoms with Crippen LogP contribution in [-0.2, 0) is 6.54 Å². The Balaban J connectivity index is 1.98. The monoisotopic (exact) mass is 286 g/mol. The largest absolute Gasteiger partial charge is 0.504 e. The van der Waals surface area contributed by atoms with E-state index in [1.165, 1.54) is 11.8 Å². The number of nitrogens with zero attached hydrogens (tertiary/aromatic N) is 1. The van der Waals surface area contributed by atoms with Crippen LogP contribution < -0.4 is 10.2 Å². The molecule has 2 aromatic carbocycles. The van der Waals surface area contributed by atoms with Gasteiger partial charge in [-0.3, -0.25) is 0 Å². The summed E-state index contributed by atoms with van der Waals surface area (Å²) in [5, 5.41) is 22.0. The first-order valence-corrected chi connectivity index (χ1v) is 7.23. The fraction of sp³-hybridized carbons (Fsp3) is 0.294. The van der Waals surface area contributed by atoms with E-state index in [1.54, 1.807) is 12.1 Å². The van der Waals surface area contributed by atoms with E-state index in [1.807, 2.05) is 12.1 Å². The predicted octanol–water partition coefficient (Wildman–Crippen LogP) is 3.56. The molecule has 0 radical (unpaired) electrons. The summed E-state index contributed by atoms with van der Waals surface area (Å²) in [7, 11) is 0. The molecule has 0 fully saturated rings. The Morgan fingerprint density at radius 1 is 0.905 bits per heavy atom. The van der Waals surface area contributed by atoms with Crippen LogP contribution >= 0.6 is 0 Å². The Kier molecular flexibility index (Phi) is 4.93. The number of phenolic OH excluding ortho intramolecular Hbond substituents is 2. The molecule has 2 aromatic rings. The van der Waals surface area contributed by atoms with E-state index >= 15 is 0 Å². The summed E-state index contributed by atoms with van der Waals surface area (Å²) in [5.74, 6) is -0.187. The number of aromatic hydroxyl groups is 2. The number of nitrogens with one attached hydrogen (secondary N) is 1. The van der Waals surface area contributed by atoms with Gasteiger partial charge in [-0.05, 0) is 55.8 Å². The average molecular weight is 286 g/mol. The highest BCUT2D eigenvalue weighted by Crippen LogP contribution is 2.25. The summed E-state index contributed by atoms with van der Waals surface area (Å²) in [6, 6.07) is 13.1. The Labute approximate surface area is 125 Å². The van der Waals surface area contributed by atoms with Gasteiger partial charge in [-0.15, -0.1) is 0 Å². The fourth-order valence-corrected chi connectivity index (χ4v) is 2.26. The third-order valence-corrected chi connectivity index (χ3v) is 3.53. The molecule has 0 bridgehead atoms. The van der Waals surface area contributed by atoms with E-state index in [0.717, 1.165) is 24.3 Å². The number of hydrogen-bond acceptors (Lipinski definition) is 4. The first-order valence-electron chi connectivity index (χ1n) is 7.23. The molecule has 0 amide bonds. The minimum Gasteiger partial charge on any atom is -0.504 e. The Bertz CT molecular complexity index is 578. The molecule has 0 spiro atoms. The van der Waals surface area contributed by atoms with Crippen molar-refractivity contribution in [3.8, 4) is 11.5 Å². The number of benzene rings is 2. The molecule has 2 rings (SSSR count). The second-order valence-corrected chi connectivity index (χ2v) is 4.90. The van der Waals surface area contributed by atoms with Crippen LogP contribution in [0.1, 0.15) is 19.4 Å². The Hall–Kier alpha value is -2.36. The zero-order chi connectivity index (χ0) is 15.2. The van der Waals surface area contributed by atoms with Gasteiger partial charge in [0.1, 0.15) is 0 Å². The zero-order valence-electron chi connectivity index (χ0n) is 12.5. The molecule has 21 heavy (non-hydrogen) atoms. The summed E-state index contributed by atoms with van der Waals surface area (Å²) >= 11 is 0. The van der Waals surface area contributed by atoms with Crippen LogP contribution in [0, 0.1) is 0 Å². The van der Waals surface area contributed by atoms with Gasteiger partial charge < -0.3 is 20.4 Å². The van der Waals surface area contributed by atoms with E-state index in [2.05, 4.69) is 36.2 Å². The highest BCUT2D eigenvalue weighted by atomic mass is 16.3. The summed E-state index contributed by atoms with van der Waals surface area (Å²) in [6.07, 6.45) is 0. The zero-order valence-corrected chi connectivity index (χ0v) is 12.5. The molecule has 4 heteroatoms. The second-order valence-electron chi connectivity index (χ2n) is 4.90. The standard InChI is InChI=1S/C17H22N2O2/c1-3-19(4-2)15-8-6-14(7-9-15)18-12-13-5-10-16(20)17(21)11-13/h5-11,18,20-21H,3-4,12H2,1-2H3. The number of phenols is 2. The topological polar surface area (TPSA) is 55.7 Å². The fourth-order valence-electron chi connectivity index (χ4n) is 2.26. The minimum atomic E-state index is -0.0951. The highest BCUT2D eigenvalue weighted by Gasteiger charge is 2.03. The molecule has 0 atom stereocenters. The molecule has 0 saturated carbocycles. The van der Waals surface area contributed by atoms with E-state index in [9.17, 15) is 10.2 Å². The van der Waals surface area contributed by atoms with Gasteiger partial charge in [0.15, 0.2) is 11.5 Å². The van der Waals surface area contributed by atoms with Gasteiger partial charge in [0.2, 0.25) is 0 Å². The van der Waals surface area contributed by atoms with Crippen molar-refractivity contribution in [2.24, 2.45) is 0 Å². The van der Waals surface area contributed by atoms with Gasteiger partial charge in [-0.1, -0.05) is 6.07 Å². The van der Waals surface area contributed by atoms with Crippen molar-refractivity contribution in [1.82, 2.24) is 0 Å². The van der Waals surface area contributed by atoms with Crippen molar-refractivity contribution in [2.75, 3.05) is 23.3 Å². The molecule has 112 valence electrons. The lowest BCUT2D eigenvalue weighted by Crippen LogP contribution is -2.21. The van der Waals surface area contributed by atoms with Crippen molar-refractivity contribution in [2.45, 2.75) is 20.4 Å². The van der Waals surface area contributed by atoms with Crippen molar-refractivity contribution in [3.05, 3.63) is 48.0 Å². The van der Waals surface area contributed by atoms with Crippen molar-refractivity contribution in [3.63, 3.8) is 0 Å². The van der Waals surface area contributed by atoms with Gasteiger partial charge in [0.25, 0.3) is 0 Å². The summed E-state index contributed by atoms with van der Waals surface area (Å²) in [6.45, 7) is 6.88. The normalized spacial score (nSPS) is 10.4. The molecule has 0 saturated heterocycles. The van der Waals surface area contributed by atoms with Crippen LogP contribution in [0.15, 0.2) is 42.5 Å². The first kappa shape index (κ1) is 15.0. The lowest BCUT2D eigenvalue weighted by Gasteiger charge is -2.21. The van der Waals surface area contributed by atoms with Gasteiger partial charge in [0.05, 0.1) is 0 Å². The molecule has 0 aromatic heterocycles. The first-order chi connectivity index (χ1) is 10.1. The van der Waals surface area contributed by atoms with Crippen LogP contribution in [0.2, 0.25) is 0 Å². The molecule has 0 aliphatic rings. The van der Waals surface area contributed by atoms with Crippen LogP contribution in [0.3, 0.4) is 0 Å². The van der Waals surface area contributed by atoms with Crippen molar-refractivity contribution in [1.29, 1.82) is 0 Å². The summed E-state index contributed by atoms with van der Waals surface area (Å²) in [5.41, 5.74) is 3.16. The number of hydrogen-bond donors (Lipinski definition) is 3. The van der Waals surface area contributed by atoms with Crippen LogP contribution in [0.5, 0.6) is 11.5 Å².